The Hall–Kier alpha value is -2.94. The quantitative estimate of drug-likeness (QED) is 0.721. The molecule has 0 fully saturated rings. The molecule has 0 saturated heterocycles. The minimum absolute atomic E-state index is 1.21. The zero-order valence-electron chi connectivity index (χ0n) is 11.5. The summed E-state index contributed by atoms with van der Waals surface area (Å²) in [4.78, 5) is 4.55. The summed E-state index contributed by atoms with van der Waals surface area (Å²) in [5.41, 5.74) is 4.98. The van der Waals surface area contributed by atoms with Gasteiger partial charge in [0.05, 0.1) is 5.52 Å². The Labute approximate surface area is 123 Å². The third kappa shape index (κ3) is 3.15. The van der Waals surface area contributed by atoms with Gasteiger partial charge in [0.2, 0.25) is 0 Å². The number of nitrogens with zero attached hydrogens (tertiary/aromatic N) is 1. The van der Waals surface area contributed by atoms with Gasteiger partial charge in [0.25, 0.3) is 0 Å². The summed E-state index contributed by atoms with van der Waals surface area (Å²) in [7, 11) is 0. The lowest BCUT2D eigenvalue weighted by molar-refractivity contribution is 0.172. The summed E-state index contributed by atoms with van der Waals surface area (Å²) in [5.74, 6) is 0. The zero-order valence-corrected chi connectivity index (χ0v) is 11.5. The van der Waals surface area contributed by atoms with Crippen molar-refractivity contribution in [2.75, 3.05) is 0 Å². The van der Waals surface area contributed by atoms with Crippen LogP contribution in [0.15, 0.2) is 91.5 Å². The van der Waals surface area contributed by atoms with Crippen LogP contribution in [0, 0.1) is 0 Å². The van der Waals surface area contributed by atoms with Crippen LogP contribution in [-0.4, -0.2) is 4.57 Å². The summed E-state index contributed by atoms with van der Waals surface area (Å²) in [6, 6.07) is 20.9. The maximum absolute atomic E-state index is 4.55. The number of hydrogen-bond acceptors (Lipinski definition) is 2. The molecule has 0 bridgehead atoms. The molecule has 3 nitrogen and oxygen atoms in total. The van der Waals surface area contributed by atoms with Crippen molar-refractivity contribution in [3.63, 3.8) is 0 Å². The lowest BCUT2D eigenvalue weighted by Crippen LogP contribution is -2.01. The summed E-state index contributed by atoms with van der Waals surface area (Å²) in [6.07, 6.45) is 9.04. The fraction of sp³-hybridized carbons (Fsp3) is 0. The highest BCUT2D eigenvalue weighted by atomic mass is 16.6. The summed E-state index contributed by atoms with van der Waals surface area (Å²) in [5, 5.41) is 1.28. The second-order valence-corrected chi connectivity index (χ2v) is 4.50. The van der Waals surface area contributed by atoms with Crippen molar-refractivity contribution in [3.8, 4) is 5.69 Å². The maximum Gasteiger partial charge on any atom is 0.119 e. The lowest BCUT2D eigenvalue weighted by Gasteiger charge is -2.04. The van der Waals surface area contributed by atoms with E-state index in [1.165, 1.54) is 16.6 Å². The van der Waals surface area contributed by atoms with E-state index < -0.39 is 0 Å². The molecule has 1 aliphatic rings. The Morgan fingerprint density at radius 1 is 0.810 bits per heavy atom. The van der Waals surface area contributed by atoms with Gasteiger partial charge in [0.15, 0.2) is 0 Å². The van der Waals surface area contributed by atoms with Crippen LogP contribution in [0.1, 0.15) is 0 Å². The molecule has 0 spiro atoms. The van der Waals surface area contributed by atoms with Gasteiger partial charge in [-0.1, -0.05) is 36.4 Å². The van der Waals surface area contributed by atoms with E-state index in [0.717, 1.165) is 0 Å². The van der Waals surface area contributed by atoms with Crippen LogP contribution in [0.5, 0.6) is 0 Å². The van der Waals surface area contributed by atoms with Crippen molar-refractivity contribution in [2.45, 2.75) is 0 Å². The first kappa shape index (κ1) is 13.1. The van der Waals surface area contributed by atoms with Gasteiger partial charge in [-0.3, -0.25) is 0 Å². The fourth-order valence-electron chi connectivity index (χ4n) is 2.15. The highest BCUT2D eigenvalue weighted by Crippen LogP contribution is 2.19. The Morgan fingerprint density at radius 3 is 2.29 bits per heavy atom. The zero-order chi connectivity index (χ0) is 14.3. The van der Waals surface area contributed by atoms with Crippen LogP contribution < -0.4 is 5.48 Å². The molecule has 0 unspecified atom stereocenters. The van der Waals surface area contributed by atoms with Crippen LogP contribution in [0.2, 0.25) is 0 Å². The van der Waals surface area contributed by atoms with E-state index in [1.54, 1.807) is 18.5 Å². The molecule has 21 heavy (non-hydrogen) atoms. The normalized spacial score (nSPS) is 12.2. The van der Waals surface area contributed by atoms with E-state index in [2.05, 4.69) is 75.7 Å². The summed E-state index contributed by atoms with van der Waals surface area (Å²) < 4.78 is 2.20. The topological polar surface area (TPSA) is 26.2 Å². The molecule has 0 amide bonds. The highest BCUT2D eigenvalue weighted by Gasteiger charge is 2.00. The molecule has 3 aromatic rings. The van der Waals surface area contributed by atoms with Gasteiger partial charge in [-0.05, 0) is 41.8 Å². The number of hydrogen-bond donors (Lipinski definition) is 1. The molecule has 1 N–H and O–H groups in total. The van der Waals surface area contributed by atoms with Gasteiger partial charge in [0.1, 0.15) is 6.26 Å². The standard InChI is InChI=1S/C14H11N.C4H5NO/c1-2-7-13(8-3-1)15-11-10-12-6-4-5-9-14(12)15;1-2-4-6-5-3-1/h1-11H;1-5H. The molecule has 104 valence electrons. The minimum Gasteiger partial charge on any atom is -0.391 e. The Balaban J connectivity index is 0.000000186. The van der Waals surface area contributed by atoms with Gasteiger partial charge < -0.3 is 9.40 Å². The molecule has 0 radical (unpaired) electrons. The molecule has 2 heterocycles. The average molecular weight is 276 g/mol. The van der Waals surface area contributed by atoms with E-state index in [9.17, 15) is 0 Å². The van der Waals surface area contributed by atoms with Crippen LogP contribution >= 0.6 is 0 Å². The largest absolute Gasteiger partial charge is 0.391 e. The molecular weight excluding hydrogens is 260 g/mol. The molecule has 0 atom stereocenters. The number of rotatable bonds is 1. The third-order valence-electron chi connectivity index (χ3n) is 3.12. The predicted molar refractivity (Wildman–Crippen MR) is 85.8 cm³/mol. The smallest absolute Gasteiger partial charge is 0.119 e. The fourth-order valence-corrected chi connectivity index (χ4v) is 2.15. The number of para-hydroxylation sites is 2. The highest BCUT2D eigenvalue weighted by molar-refractivity contribution is 5.81. The van der Waals surface area contributed by atoms with Crippen molar-refractivity contribution < 1.29 is 4.84 Å². The second kappa shape index (κ2) is 6.48. The first-order valence-electron chi connectivity index (χ1n) is 6.79. The molecule has 3 heteroatoms. The second-order valence-electron chi connectivity index (χ2n) is 4.50. The van der Waals surface area contributed by atoms with Gasteiger partial charge in [-0.15, -0.1) is 0 Å². The van der Waals surface area contributed by atoms with Crippen molar-refractivity contribution >= 4 is 10.9 Å². The van der Waals surface area contributed by atoms with E-state index >= 15 is 0 Å². The molecule has 0 aliphatic carbocycles. The predicted octanol–water partition coefficient (Wildman–Crippen LogP) is 4.18. The first-order valence-corrected chi connectivity index (χ1v) is 6.79. The molecule has 4 rings (SSSR count). The maximum atomic E-state index is 4.55. The first-order chi connectivity index (χ1) is 10.4. The monoisotopic (exact) mass is 276 g/mol. The Bertz CT molecular complexity index is 745. The molecular formula is C18H16N2O. The van der Waals surface area contributed by atoms with Gasteiger partial charge in [-0.2, -0.15) is 0 Å². The SMILES string of the molecule is C1=CNOC=C1.c1ccc(-n2ccc3ccccc32)cc1. The van der Waals surface area contributed by atoms with Gasteiger partial charge >= 0.3 is 0 Å². The molecule has 2 aromatic carbocycles. The number of aromatic nitrogens is 1. The van der Waals surface area contributed by atoms with Crippen LogP contribution in [0.3, 0.4) is 0 Å². The molecule has 0 saturated carbocycles. The van der Waals surface area contributed by atoms with Crippen LogP contribution in [0.25, 0.3) is 16.6 Å². The average Bonchev–Trinajstić information content (AvgIpc) is 3.02. The van der Waals surface area contributed by atoms with Crippen molar-refractivity contribution in [1.29, 1.82) is 0 Å². The van der Waals surface area contributed by atoms with Crippen LogP contribution in [0.4, 0.5) is 0 Å². The van der Waals surface area contributed by atoms with Gasteiger partial charge in [0, 0.05) is 18.1 Å². The van der Waals surface area contributed by atoms with E-state index in [1.807, 2.05) is 12.1 Å². The van der Waals surface area contributed by atoms with Crippen molar-refractivity contribution in [2.24, 2.45) is 0 Å². The van der Waals surface area contributed by atoms with E-state index in [4.69, 9.17) is 0 Å². The van der Waals surface area contributed by atoms with E-state index in [-0.39, 0.29) is 0 Å². The van der Waals surface area contributed by atoms with E-state index in [0.29, 0.717) is 0 Å². The van der Waals surface area contributed by atoms with Gasteiger partial charge in [-0.25, -0.2) is 5.48 Å². The summed E-state index contributed by atoms with van der Waals surface area (Å²) in [6.45, 7) is 0. The number of nitrogens with one attached hydrogen (secondary N) is 1. The molecule has 1 aromatic heterocycles. The minimum atomic E-state index is 1.21. The number of benzene rings is 2. The Kier molecular flexibility index (Phi) is 4.03. The third-order valence-corrected chi connectivity index (χ3v) is 3.12. The van der Waals surface area contributed by atoms with Crippen molar-refractivity contribution in [3.05, 3.63) is 91.5 Å². The Morgan fingerprint density at radius 2 is 1.62 bits per heavy atom. The number of hydroxylamine groups is 1. The number of fused-ring (bicyclic) bond motifs is 1. The van der Waals surface area contributed by atoms with Crippen LogP contribution in [-0.2, 0) is 4.84 Å². The van der Waals surface area contributed by atoms with Crippen molar-refractivity contribution in [1.82, 2.24) is 10.0 Å². The lowest BCUT2D eigenvalue weighted by atomic mass is 10.2. The number of allylic oxidation sites excluding steroid dienone is 2. The molecule has 1 aliphatic heterocycles. The summed E-state index contributed by atoms with van der Waals surface area (Å²) >= 11 is 0.